The van der Waals surface area contributed by atoms with Crippen molar-refractivity contribution in [2.75, 3.05) is 19.7 Å². The van der Waals surface area contributed by atoms with Gasteiger partial charge in [-0.3, -0.25) is 4.79 Å². The summed E-state index contributed by atoms with van der Waals surface area (Å²) in [5, 5.41) is 9.98. The minimum Gasteiger partial charge on any atom is -0.484 e. The molecule has 1 amide bonds. The van der Waals surface area contributed by atoms with Crippen LogP contribution in [0.2, 0.25) is 5.15 Å². The van der Waals surface area contributed by atoms with Gasteiger partial charge in [-0.1, -0.05) is 29.8 Å². The molecular weight excluding hydrogens is 529 g/mol. The van der Waals surface area contributed by atoms with E-state index in [2.05, 4.69) is 25.9 Å². The lowest BCUT2D eigenvalue weighted by Gasteiger charge is -2.12. The molecule has 1 heterocycles. The lowest BCUT2D eigenvalue weighted by Crippen LogP contribution is -2.38. The molecule has 0 aliphatic heterocycles. The molecule has 7 nitrogen and oxygen atoms in total. The highest BCUT2D eigenvalue weighted by Crippen LogP contribution is 2.18. The van der Waals surface area contributed by atoms with Gasteiger partial charge in [0.1, 0.15) is 10.9 Å². The average molecular weight is 558 g/mol. The van der Waals surface area contributed by atoms with Gasteiger partial charge in [-0.25, -0.2) is 9.98 Å². The minimum atomic E-state index is -0.0737. The summed E-state index contributed by atoms with van der Waals surface area (Å²) >= 11 is 5.82. The van der Waals surface area contributed by atoms with Crippen LogP contribution in [0.4, 0.5) is 0 Å². The average Bonchev–Trinajstić information content (AvgIpc) is 3.56. The first-order valence-electron chi connectivity index (χ1n) is 10.3. The third-order valence-electron chi connectivity index (χ3n) is 4.47. The van der Waals surface area contributed by atoms with Gasteiger partial charge in [0.15, 0.2) is 12.6 Å². The van der Waals surface area contributed by atoms with Gasteiger partial charge in [-0.15, -0.1) is 24.0 Å². The number of guanidine groups is 1. The molecule has 3 rings (SSSR count). The van der Waals surface area contributed by atoms with Crippen LogP contribution < -0.4 is 20.7 Å². The van der Waals surface area contributed by atoms with E-state index in [1.807, 2.05) is 37.3 Å². The normalized spacial score (nSPS) is 13.2. The van der Waals surface area contributed by atoms with Crippen molar-refractivity contribution in [1.29, 1.82) is 0 Å². The molecule has 1 aromatic heterocycles. The highest BCUT2D eigenvalue weighted by Gasteiger charge is 2.23. The quantitative estimate of drug-likeness (QED) is 0.181. The van der Waals surface area contributed by atoms with Gasteiger partial charge < -0.3 is 20.7 Å². The van der Waals surface area contributed by atoms with E-state index in [0.717, 1.165) is 49.4 Å². The van der Waals surface area contributed by atoms with Gasteiger partial charge in [0.2, 0.25) is 0 Å². The zero-order valence-corrected chi connectivity index (χ0v) is 20.7. The Morgan fingerprint density at radius 2 is 2.06 bits per heavy atom. The molecule has 0 spiro atoms. The van der Waals surface area contributed by atoms with Crippen LogP contribution in [0.3, 0.4) is 0 Å². The molecule has 1 saturated carbocycles. The zero-order chi connectivity index (χ0) is 21.2. The lowest BCUT2D eigenvalue weighted by molar-refractivity contribution is -0.123. The van der Waals surface area contributed by atoms with Crippen LogP contribution >= 0.6 is 35.6 Å². The van der Waals surface area contributed by atoms with Gasteiger partial charge >= 0.3 is 0 Å². The third-order valence-corrected chi connectivity index (χ3v) is 4.69. The summed E-state index contributed by atoms with van der Waals surface area (Å²) in [6.45, 7) is 4.07. The lowest BCUT2D eigenvalue weighted by atomic mass is 10.2. The minimum absolute atomic E-state index is 0. The van der Waals surface area contributed by atoms with E-state index in [1.54, 1.807) is 12.3 Å². The molecule has 168 valence electrons. The van der Waals surface area contributed by atoms with Gasteiger partial charge in [0.25, 0.3) is 5.91 Å². The van der Waals surface area contributed by atoms with E-state index >= 15 is 0 Å². The number of rotatable bonds is 10. The Balaban J connectivity index is 0.00000341. The number of hydrogen-bond donors (Lipinski definition) is 3. The predicted molar refractivity (Wildman–Crippen MR) is 134 cm³/mol. The van der Waals surface area contributed by atoms with Crippen molar-refractivity contribution in [1.82, 2.24) is 20.9 Å². The van der Waals surface area contributed by atoms with Crippen molar-refractivity contribution < 1.29 is 9.53 Å². The smallest absolute Gasteiger partial charge is 0.258 e. The van der Waals surface area contributed by atoms with Crippen LogP contribution in [-0.4, -0.2) is 42.6 Å². The van der Waals surface area contributed by atoms with E-state index in [9.17, 15) is 4.79 Å². The number of nitrogens with one attached hydrogen (secondary N) is 3. The summed E-state index contributed by atoms with van der Waals surface area (Å²) < 4.78 is 5.61. The first-order chi connectivity index (χ1) is 14.6. The predicted octanol–water partition coefficient (Wildman–Crippen LogP) is 3.31. The van der Waals surface area contributed by atoms with Crippen molar-refractivity contribution in [3.63, 3.8) is 0 Å². The number of pyridine rings is 1. The van der Waals surface area contributed by atoms with Gasteiger partial charge in [0.05, 0.1) is 6.54 Å². The van der Waals surface area contributed by atoms with E-state index in [-0.39, 0.29) is 36.5 Å². The van der Waals surface area contributed by atoms with Crippen LogP contribution in [0.15, 0.2) is 47.6 Å². The monoisotopic (exact) mass is 557 g/mol. The Hall–Kier alpha value is -2.07. The molecular formula is C22H29ClIN5O2. The van der Waals surface area contributed by atoms with E-state index in [0.29, 0.717) is 23.5 Å². The maximum absolute atomic E-state index is 11.8. The molecule has 1 aliphatic rings. The van der Waals surface area contributed by atoms with Gasteiger partial charge in [-0.2, -0.15) is 0 Å². The number of aliphatic imine (C=N–C) groups is 1. The largest absolute Gasteiger partial charge is 0.484 e. The SMILES string of the molecule is CCNC(=NCc1cccc(OCC(=O)NC2CC2)c1)NCCc1ccc(Cl)nc1.I. The van der Waals surface area contributed by atoms with Crippen molar-refractivity contribution in [2.24, 2.45) is 4.99 Å². The fourth-order valence-electron chi connectivity index (χ4n) is 2.77. The van der Waals surface area contributed by atoms with Crippen molar-refractivity contribution >= 4 is 47.4 Å². The van der Waals surface area contributed by atoms with Crippen molar-refractivity contribution in [2.45, 2.75) is 38.8 Å². The Kier molecular flexibility index (Phi) is 10.9. The van der Waals surface area contributed by atoms with Crippen LogP contribution in [0.1, 0.15) is 30.9 Å². The highest BCUT2D eigenvalue weighted by molar-refractivity contribution is 14.0. The first-order valence-corrected chi connectivity index (χ1v) is 10.6. The standard InChI is InChI=1S/C22H28ClN5O2.HI/c1-2-24-22(25-11-10-16-6-9-20(23)26-13-16)27-14-17-4-3-5-19(12-17)30-15-21(29)28-18-7-8-18;/h3-6,9,12-13,18H,2,7-8,10-11,14-15H2,1H3,(H,28,29)(H2,24,25,27);1H. The number of amides is 1. The summed E-state index contributed by atoms with van der Waals surface area (Å²) in [7, 11) is 0. The summed E-state index contributed by atoms with van der Waals surface area (Å²) in [5.41, 5.74) is 2.12. The Morgan fingerprint density at radius 1 is 1.23 bits per heavy atom. The molecule has 9 heteroatoms. The first kappa shape index (κ1) is 25.2. The van der Waals surface area contributed by atoms with Crippen LogP contribution in [0, 0.1) is 0 Å². The van der Waals surface area contributed by atoms with Crippen LogP contribution in [0.5, 0.6) is 5.75 Å². The van der Waals surface area contributed by atoms with Crippen LogP contribution in [0.25, 0.3) is 0 Å². The summed E-state index contributed by atoms with van der Waals surface area (Å²) in [6.07, 6.45) is 4.74. The summed E-state index contributed by atoms with van der Waals surface area (Å²) in [4.78, 5) is 20.5. The second kappa shape index (κ2) is 13.4. The number of benzene rings is 1. The van der Waals surface area contributed by atoms with Gasteiger partial charge in [0, 0.05) is 25.3 Å². The van der Waals surface area contributed by atoms with Gasteiger partial charge in [-0.05, 0) is 55.5 Å². The maximum atomic E-state index is 11.8. The number of halogens is 2. The maximum Gasteiger partial charge on any atom is 0.258 e. The molecule has 1 aliphatic carbocycles. The molecule has 2 aromatic rings. The molecule has 31 heavy (non-hydrogen) atoms. The molecule has 0 radical (unpaired) electrons. The summed E-state index contributed by atoms with van der Waals surface area (Å²) in [6, 6.07) is 11.8. The molecule has 1 fully saturated rings. The molecule has 0 atom stereocenters. The van der Waals surface area contributed by atoms with Crippen LogP contribution in [-0.2, 0) is 17.8 Å². The number of nitrogens with zero attached hydrogens (tertiary/aromatic N) is 2. The number of ether oxygens (including phenoxy) is 1. The van der Waals surface area contributed by atoms with E-state index in [4.69, 9.17) is 16.3 Å². The molecule has 0 bridgehead atoms. The van der Waals surface area contributed by atoms with E-state index < -0.39 is 0 Å². The fraction of sp³-hybridized carbons (Fsp3) is 0.409. The summed E-state index contributed by atoms with van der Waals surface area (Å²) in [5.74, 6) is 1.34. The number of aromatic nitrogens is 1. The fourth-order valence-corrected chi connectivity index (χ4v) is 2.88. The molecule has 3 N–H and O–H groups in total. The number of carbonyl (C=O) groups excluding carboxylic acids is 1. The van der Waals surface area contributed by atoms with Crippen molar-refractivity contribution in [3.8, 4) is 5.75 Å². The topological polar surface area (TPSA) is 87.6 Å². The van der Waals surface area contributed by atoms with Crippen molar-refractivity contribution in [3.05, 3.63) is 58.9 Å². The molecule has 0 saturated heterocycles. The second-order valence-electron chi connectivity index (χ2n) is 7.14. The highest BCUT2D eigenvalue weighted by atomic mass is 127. The number of carbonyl (C=O) groups is 1. The Labute approximate surface area is 205 Å². The Morgan fingerprint density at radius 3 is 2.77 bits per heavy atom. The Bertz CT molecular complexity index is 859. The zero-order valence-electron chi connectivity index (χ0n) is 17.6. The third kappa shape index (κ3) is 9.73. The van der Waals surface area contributed by atoms with E-state index in [1.165, 1.54) is 0 Å². The molecule has 1 aromatic carbocycles. The second-order valence-corrected chi connectivity index (χ2v) is 7.53. The molecule has 0 unspecified atom stereocenters. The number of hydrogen-bond acceptors (Lipinski definition) is 4.